The number of amides is 1. The Morgan fingerprint density at radius 2 is 1.50 bits per heavy atom. The number of nitrogens with one attached hydrogen (secondary N) is 1. The second-order valence-electron chi connectivity index (χ2n) is 14.2. The molecule has 2 aromatic rings. The van der Waals surface area contributed by atoms with E-state index in [1.54, 1.807) is 22.8 Å². The Balaban J connectivity index is 0.00000541. The first-order valence-corrected chi connectivity index (χ1v) is 21.7. The van der Waals surface area contributed by atoms with Crippen LogP contribution in [0.15, 0.2) is 75.2 Å². The number of anilines is 1. The fourth-order valence-corrected chi connectivity index (χ4v) is 8.45. The topological polar surface area (TPSA) is 256 Å². The minimum Gasteiger partial charge on any atom is -0.748 e. The van der Waals surface area contributed by atoms with Gasteiger partial charge in [-0.05, 0) is 80.6 Å². The molecule has 0 unspecified atom stereocenters. The predicted octanol–water partition coefficient (Wildman–Crippen LogP) is -1.57. The third kappa shape index (κ3) is 12.5. The van der Waals surface area contributed by atoms with Crippen LogP contribution in [-0.2, 0) is 46.0 Å². The van der Waals surface area contributed by atoms with E-state index >= 15 is 0 Å². The number of hydrogen-bond donors (Lipinski definition) is 1. The van der Waals surface area contributed by atoms with E-state index in [0.717, 1.165) is 11.4 Å². The van der Waals surface area contributed by atoms with Crippen LogP contribution in [0, 0.1) is 0 Å². The summed E-state index contributed by atoms with van der Waals surface area (Å²) < 4.78 is 108. The smallest absolute Gasteiger partial charge is 0.748 e. The Morgan fingerprint density at radius 3 is 2.11 bits per heavy atom. The summed E-state index contributed by atoms with van der Waals surface area (Å²) in [6.07, 6.45) is 8.26. The van der Waals surface area contributed by atoms with Crippen LogP contribution in [0.2, 0.25) is 0 Å². The maximum Gasteiger partial charge on any atom is 1.00 e. The van der Waals surface area contributed by atoms with Crippen molar-refractivity contribution in [2.45, 2.75) is 86.8 Å². The number of nitrogens with zero attached hydrogens (tertiary/aromatic N) is 5. The molecule has 0 aromatic heterocycles. The van der Waals surface area contributed by atoms with Gasteiger partial charge in [0, 0.05) is 77.6 Å². The van der Waals surface area contributed by atoms with Crippen LogP contribution in [0.5, 0.6) is 0 Å². The molecule has 0 saturated carbocycles. The number of hydrogen-bond acceptors (Lipinski definition) is 12. The zero-order valence-electron chi connectivity index (χ0n) is 32.5. The predicted molar refractivity (Wildman–Crippen MR) is 199 cm³/mol. The molecule has 2 aliphatic rings. The molecule has 1 amide bonds. The molecule has 0 spiro atoms. The zero-order chi connectivity index (χ0) is 40.1. The van der Waals surface area contributed by atoms with Gasteiger partial charge < -0.3 is 23.9 Å². The molecule has 0 bridgehead atoms. The first-order chi connectivity index (χ1) is 25.1. The molecular weight excluding hydrogens is 807 g/mol. The van der Waals surface area contributed by atoms with Gasteiger partial charge in [0.25, 0.3) is 0 Å². The molecule has 56 heavy (non-hydrogen) atoms. The summed E-state index contributed by atoms with van der Waals surface area (Å²) in [5.41, 5.74) is 10.6. The average molecular weight is 851 g/mol. The van der Waals surface area contributed by atoms with E-state index in [9.17, 15) is 43.7 Å². The van der Waals surface area contributed by atoms with Crippen LogP contribution in [0.1, 0.15) is 77.3 Å². The van der Waals surface area contributed by atoms with Crippen LogP contribution in [0.4, 0.5) is 11.4 Å². The van der Waals surface area contributed by atoms with Crippen molar-refractivity contribution in [2.75, 3.05) is 36.8 Å². The van der Waals surface area contributed by atoms with Crippen molar-refractivity contribution < 1.29 is 107 Å². The van der Waals surface area contributed by atoms with Gasteiger partial charge in [-0.25, -0.2) is 25.3 Å². The number of rotatable bonds is 18. The average Bonchev–Trinajstić information content (AvgIpc) is 3.41. The molecule has 21 heteroatoms. The molecule has 294 valence electrons. The molecule has 0 aliphatic carbocycles. The maximum atomic E-state index is 12.2. The Labute approximate surface area is 373 Å². The van der Waals surface area contributed by atoms with Crippen LogP contribution in [0.25, 0.3) is 10.4 Å². The Kier molecular flexibility index (Phi) is 18.1. The number of unbranched alkanes of at least 4 members (excludes halogenated alkanes) is 2. The van der Waals surface area contributed by atoms with Crippen molar-refractivity contribution in [3.63, 3.8) is 0 Å². The van der Waals surface area contributed by atoms with E-state index in [-0.39, 0.29) is 82.9 Å². The quantitative estimate of drug-likeness (QED) is 0.0341. The summed E-state index contributed by atoms with van der Waals surface area (Å²) in [6, 6.07) is 8.26. The Morgan fingerprint density at radius 1 is 0.875 bits per heavy atom. The van der Waals surface area contributed by atoms with Gasteiger partial charge in [0.1, 0.15) is 26.8 Å². The van der Waals surface area contributed by atoms with Crippen LogP contribution in [-0.4, -0.2) is 87.0 Å². The second-order valence-corrected chi connectivity index (χ2v) is 18.5. The molecule has 2 aliphatic heterocycles. The van der Waals surface area contributed by atoms with Gasteiger partial charge in [0.15, 0.2) is 5.71 Å². The van der Waals surface area contributed by atoms with Crippen molar-refractivity contribution in [1.82, 2.24) is 5.32 Å². The Bertz CT molecular complexity index is 2270. The fourth-order valence-electron chi connectivity index (χ4n) is 6.97. The maximum absolute atomic E-state index is 12.2. The standard InChI is InChI=1S/C35H46N6O10S3.2Na/c1-34(2)27-23-25(53(46,47)48)14-16-29(27)40(20-7-5-6-13-33(42)37-18-9-19-38-39-36)31(34)11-8-12-32-35(3,4)28-24-26(54(49,50)51)15-17-30(28)41(32)21-10-22-52(43,44)45;;/h8,11-12,14-17,23-24H,5-7,9-10,13,18-22H2,1-4H3,(H3-,37,42,43,44,45,46,47,48,49,50,51);;/q;2*+1/p-2. The van der Waals surface area contributed by atoms with Gasteiger partial charge in [0.05, 0.1) is 25.3 Å². The summed E-state index contributed by atoms with van der Waals surface area (Å²) in [5.74, 6) is -0.718. The molecule has 16 nitrogen and oxygen atoms in total. The monoisotopic (exact) mass is 850 g/mol. The number of carbonyl (C=O) groups excluding carboxylic acids is 1. The SMILES string of the molecule is CC1(C)C(/C=C/C=C2/N(CCCCCC(=O)NCCCN=[N+]=[N-])c3ccc(S(=O)(=O)[O-])cc3C2(C)C)=[N+](CCCS(=O)(=O)[O-])c2ccc(S(=O)(=O)[O-])cc21.[Na+].[Na+]. The number of azide groups is 1. The normalized spacial score (nSPS) is 16.6. The van der Waals surface area contributed by atoms with Gasteiger partial charge in [-0.3, -0.25) is 4.79 Å². The first kappa shape index (κ1) is 50.0. The zero-order valence-corrected chi connectivity index (χ0v) is 39.0. The minimum atomic E-state index is -4.78. The molecule has 1 N–H and O–H groups in total. The van der Waals surface area contributed by atoms with Crippen LogP contribution >= 0.6 is 0 Å². The van der Waals surface area contributed by atoms with Crippen molar-refractivity contribution in [3.8, 4) is 0 Å². The summed E-state index contributed by atoms with van der Waals surface area (Å²) >= 11 is 0. The second kappa shape index (κ2) is 20.2. The molecule has 0 saturated heterocycles. The molecule has 0 fully saturated rings. The van der Waals surface area contributed by atoms with Crippen LogP contribution < -0.4 is 69.3 Å². The number of allylic oxidation sites excluding steroid dienone is 4. The third-order valence-electron chi connectivity index (χ3n) is 9.69. The number of carbonyl (C=O) groups is 1. The molecule has 4 rings (SSSR count). The van der Waals surface area contributed by atoms with E-state index in [4.69, 9.17) is 5.53 Å². The molecular formula is C35H44N6Na2O10S3. The van der Waals surface area contributed by atoms with E-state index in [0.29, 0.717) is 74.3 Å². The molecule has 2 aromatic carbocycles. The first-order valence-electron chi connectivity index (χ1n) is 17.3. The summed E-state index contributed by atoms with van der Waals surface area (Å²) in [7, 11) is -14.0. The van der Waals surface area contributed by atoms with Gasteiger partial charge in [-0.1, -0.05) is 31.5 Å². The van der Waals surface area contributed by atoms with E-state index in [1.807, 2.05) is 38.7 Å². The van der Waals surface area contributed by atoms with E-state index in [1.165, 1.54) is 30.3 Å². The molecule has 2 heterocycles. The fraction of sp³-hybridized carbons (Fsp3) is 0.486. The Hall–Kier alpha value is -2.10. The van der Waals surface area contributed by atoms with Gasteiger partial charge >= 0.3 is 59.1 Å². The van der Waals surface area contributed by atoms with Gasteiger partial charge in [-0.2, -0.15) is 4.58 Å². The van der Waals surface area contributed by atoms with Crippen LogP contribution in [0.3, 0.4) is 0 Å². The molecule has 0 radical (unpaired) electrons. The van der Waals surface area contributed by atoms with E-state index < -0.39 is 51.8 Å². The minimum absolute atomic E-state index is 0. The summed E-state index contributed by atoms with van der Waals surface area (Å²) in [5, 5.41) is 6.24. The van der Waals surface area contributed by atoms with E-state index in [2.05, 4.69) is 15.3 Å². The van der Waals surface area contributed by atoms with Crippen molar-refractivity contribution in [2.24, 2.45) is 5.11 Å². The van der Waals surface area contributed by atoms with Gasteiger partial charge in [0.2, 0.25) is 11.6 Å². The van der Waals surface area contributed by atoms with Crippen molar-refractivity contribution >= 4 is 53.3 Å². The largest absolute Gasteiger partial charge is 1.00 e. The third-order valence-corrected chi connectivity index (χ3v) is 12.1. The summed E-state index contributed by atoms with van der Waals surface area (Å²) in [4.78, 5) is 16.2. The van der Waals surface area contributed by atoms with Gasteiger partial charge in [-0.15, -0.1) is 0 Å². The van der Waals surface area contributed by atoms with Crippen molar-refractivity contribution in [3.05, 3.63) is 81.9 Å². The number of fused-ring (bicyclic) bond motifs is 2. The number of benzene rings is 2. The van der Waals surface area contributed by atoms with Crippen molar-refractivity contribution in [1.29, 1.82) is 0 Å². The molecule has 0 atom stereocenters. The summed E-state index contributed by atoms with van der Waals surface area (Å²) in [6.45, 7) is 8.80.